The van der Waals surface area contributed by atoms with E-state index in [9.17, 15) is 4.79 Å². The number of para-hydroxylation sites is 1. The highest BCUT2D eigenvalue weighted by Crippen LogP contribution is 2.29. The fraction of sp³-hybridized carbons (Fsp3) is 0.316. The molecule has 0 spiro atoms. The second-order valence-corrected chi connectivity index (χ2v) is 6.37. The third-order valence-corrected chi connectivity index (χ3v) is 4.70. The van der Waals surface area contributed by atoms with Crippen molar-refractivity contribution in [1.82, 2.24) is 20.5 Å². The van der Waals surface area contributed by atoms with E-state index >= 15 is 0 Å². The topological polar surface area (TPSA) is 87.0 Å². The highest BCUT2D eigenvalue weighted by atomic mass is 16.3. The van der Waals surface area contributed by atoms with Crippen LogP contribution < -0.4 is 10.2 Å². The molecule has 7 heteroatoms. The third kappa shape index (κ3) is 3.20. The Morgan fingerprint density at radius 3 is 3.08 bits per heavy atom. The summed E-state index contributed by atoms with van der Waals surface area (Å²) in [5, 5.41) is 10.0. The summed E-state index contributed by atoms with van der Waals surface area (Å²) in [6.45, 7) is 3.33. The zero-order valence-corrected chi connectivity index (χ0v) is 14.6. The van der Waals surface area contributed by atoms with Crippen LogP contribution in [-0.4, -0.2) is 40.2 Å². The minimum atomic E-state index is -0.202. The van der Waals surface area contributed by atoms with E-state index in [-0.39, 0.29) is 11.9 Å². The van der Waals surface area contributed by atoms with Gasteiger partial charge in [-0.2, -0.15) is 5.10 Å². The van der Waals surface area contributed by atoms with Crippen molar-refractivity contribution < 1.29 is 9.21 Å². The number of carbonyl (C=O) groups is 1. The number of hydrogen-bond acceptors (Lipinski definition) is 5. The predicted octanol–water partition coefficient (Wildman–Crippen LogP) is 2.17. The number of fused-ring (bicyclic) bond motifs is 1. The molecule has 3 heterocycles. The monoisotopic (exact) mass is 351 g/mol. The Kier molecular flexibility index (Phi) is 4.43. The molecule has 0 aliphatic carbocycles. The number of carbonyl (C=O) groups excluding carboxylic acids is 1. The van der Waals surface area contributed by atoms with Gasteiger partial charge in [-0.25, -0.2) is 4.98 Å². The molecule has 1 amide bonds. The van der Waals surface area contributed by atoms with E-state index in [1.807, 2.05) is 25.1 Å². The second kappa shape index (κ2) is 7.03. The van der Waals surface area contributed by atoms with Crippen LogP contribution in [0.15, 0.2) is 47.1 Å². The highest BCUT2D eigenvalue weighted by Gasteiger charge is 2.27. The molecule has 1 aliphatic rings. The number of nitrogens with zero attached hydrogens (tertiary/aromatic N) is 3. The van der Waals surface area contributed by atoms with Crippen molar-refractivity contribution in [2.24, 2.45) is 0 Å². The van der Waals surface area contributed by atoms with Gasteiger partial charge in [-0.15, -0.1) is 0 Å². The van der Waals surface area contributed by atoms with Gasteiger partial charge in [0.05, 0.1) is 6.26 Å². The molecular weight excluding hydrogens is 330 g/mol. The van der Waals surface area contributed by atoms with Gasteiger partial charge < -0.3 is 14.6 Å². The molecule has 0 saturated heterocycles. The maximum absolute atomic E-state index is 12.5. The number of rotatable bonds is 6. The molecule has 2 N–H and O–H groups in total. The van der Waals surface area contributed by atoms with Crippen molar-refractivity contribution in [3.8, 4) is 11.6 Å². The van der Waals surface area contributed by atoms with Gasteiger partial charge in [0.1, 0.15) is 11.9 Å². The molecule has 2 aromatic heterocycles. The predicted molar refractivity (Wildman–Crippen MR) is 97.8 cm³/mol. The van der Waals surface area contributed by atoms with E-state index in [1.165, 1.54) is 5.56 Å². The molecule has 0 saturated carbocycles. The third-order valence-electron chi connectivity index (χ3n) is 4.70. The van der Waals surface area contributed by atoms with Crippen LogP contribution in [-0.2, 0) is 17.6 Å². The van der Waals surface area contributed by atoms with E-state index in [0.717, 1.165) is 24.5 Å². The first kappa shape index (κ1) is 16.4. The van der Waals surface area contributed by atoms with Crippen LogP contribution in [0, 0.1) is 0 Å². The molecule has 0 bridgehead atoms. The number of aromatic nitrogens is 3. The van der Waals surface area contributed by atoms with Crippen LogP contribution in [0.4, 0.5) is 5.69 Å². The Bertz CT molecular complexity index is 887. The van der Waals surface area contributed by atoms with Crippen LogP contribution >= 0.6 is 0 Å². The lowest BCUT2D eigenvalue weighted by Gasteiger charge is -2.26. The number of hydrogen-bond donors (Lipinski definition) is 2. The smallest absolute Gasteiger partial charge is 0.242 e. The number of anilines is 1. The molecular formula is C19H21N5O2. The maximum Gasteiger partial charge on any atom is 0.242 e. The van der Waals surface area contributed by atoms with Gasteiger partial charge in [-0.05, 0) is 37.1 Å². The molecule has 4 rings (SSSR count). The van der Waals surface area contributed by atoms with Crippen LogP contribution in [0.1, 0.15) is 18.3 Å². The minimum absolute atomic E-state index is 0.0208. The average Bonchev–Trinajstić information content (AvgIpc) is 3.40. The largest absolute Gasteiger partial charge is 0.461 e. The fourth-order valence-electron chi connectivity index (χ4n) is 3.28. The first-order valence-corrected chi connectivity index (χ1v) is 8.80. The number of benzene rings is 1. The minimum Gasteiger partial charge on any atom is -0.461 e. The zero-order valence-electron chi connectivity index (χ0n) is 14.6. The van der Waals surface area contributed by atoms with Crippen molar-refractivity contribution in [2.45, 2.75) is 25.8 Å². The number of aromatic amines is 1. The summed E-state index contributed by atoms with van der Waals surface area (Å²) in [5.74, 6) is 1.89. The summed E-state index contributed by atoms with van der Waals surface area (Å²) in [4.78, 5) is 19.0. The van der Waals surface area contributed by atoms with Crippen molar-refractivity contribution in [2.75, 3.05) is 18.0 Å². The Morgan fingerprint density at radius 2 is 2.23 bits per heavy atom. The Hall–Kier alpha value is -3.09. The van der Waals surface area contributed by atoms with Crippen LogP contribution in [0.2, 0.25) is 0 Å². The van der Waals surface area contributed by atoms with Crippen LogP contribution in [0.5, 0.6) is 0 Å². The molecule has 1 atom stereocenters. The van der Waals surface area contributed by atoms with E-state index in [1.54, 1.807) is 12.3 Å². The van der Waals surface area contributed by atoms with Gasteiger partial charge in [0.2, 0.25) is 11.7 Å². The van der Waals surface area contributed by atoms with Gasteiger partial charge >= 0.3 is 0 Å². The van der Waals surface area contributed by atoms with Crippen molar-refractivity contribution in [3.63, 3.8) is 0 Å². The van der Waals surface area contributed by atoms with Crippen LogP contribution in [0.25, 0.3) is 11.6 Å². The molecule has 7 nitrogen and oxygen atoms in total. The van der Waals surface area contributed by atoms with Gasteiger partial charge in [-0.1, -0.05) is 18.2 Å². The lowest BCUT2D eigenvalue weighted by atomic mass is 10.1. The van der Waals surface area contributed by atoms with Gasteiger partial charge in [0.15, 0.2) is 5.76 Å². The van der Waals surface area contributed by atoms with Gasteiger partial charge in [-0.3, -0.25) is 9.89 Å². The second-order valence-electron chi connectivity index (χ2n) is 6.37. The average molecular weight is 351 g/mol. The number of furan rings is 1. The van der Waals surface area contributed by atoms with E-state index in [0.29, 0.717) is 24.6 Å². The SMILES string of the molecule is CC(C(=O)NCCc1nc(-c2ccco2)n[nH]1)N1CCc2ccccc21. The number of amides is 1. The molecule has 26 heavy (non-hydrogen) atoms. The van der Waals surface area contributed by atoms with Crippen molar-refractivity contribution in [3.05, 3.63) is 54.0 Å². The lowest BCUT2D eigenvalue weighted by molar-refractivity contribution is -0.122. The summed E-state index contributed by atoms with van der Waals surface area (Å²) in [6, 6.07) is 11.7. The highest BCUT2D eigenvalue weighted by molar-refractivity contribution is 5.85. The molecule has 1 aliphatic heterocycles. The van der Waals surface area contributed by atoms with Crippen LogP contribution in [0.3, 0.4) is 0 Å². The summed E-state index contributed by atoms with van der Waals surface area (Å²) < 4.78 is 5.27. The van der Waals surface area contributed by atoms with Crippen molar-refractivity contribution >= 4 is 11.6 Å². The normalized spacial score (nSPS) is 14.3. The van der Waals surface area contributed by atoms with E-state index < -0.39 is 0 Å². The Labute approximate surface area is 151 Å². The Balaban J connectivity index is 1.30. The number of nitrogens with one attached hydrogen (secondary N) is 2. The summed E-state index contributed by atoms with van der Waals surface area (Å²) in [5.41, 5.74) is 2.47. The fourth-order valence-corrected chi connectivity index (χ4v) is 3.28. The van der Waals surface area contributed by atoms with Crippen molar-refractivity contribution in [1.29, 1.82) is 0 Å². The molecule has 1 unspecified atom stereocenters. The quantitative estimate of drug-likeness (QED) is 0.711. The standard InChI is InChI=1S/C19H21N5O2/c1-13(24-11-9-14-5-2-3-6-15(14)24)19(25)20-10-8-17-21-18(23-22-17)16-7-4-12-26-16/h2-7,12-13H,8-11H2,1H3,(H,20,25)(H,21,22,23). The maximum atomic E-state index is 12.5. The first-order valence-electron chi connectivity index (χ1n) is 8.80. The first-order chi connectivity index (χ1) is 12.7. The Morgan fingerprint density at radius 1 is 1.35 bits per heavy atom. The summed E-state index contributed by atoms with van der Waals surface area (Å²) in [7, 11) is 0. The number of H-pyrrole nitrogens is 1. The molecule has 134 valence electrons. The molecule has 1 aromatic carbocycles. The lowest BCUT2D eigenvalue weighted by Crippen LogP contribution is -2.45. The molecule has 3 aromatic rings. The van der Waals surface area contributed by atoms with Gasteiger partial charge in [0, 0.05) is 25.2 Å². The molecule has 0 radical (unpaired) electrons. The summed E-state index contributed by atoms with van der Waals surface area (Å²) in [6.07, 6.45) is 3.16. The van der Waals surface area contributed by atoms with E-state index in [2.05, 4.69) is 37.5 Å². The molecule has 0 fully saturated rings. The zero-order chi connectivity index (χ0) is 17.9. The van der Waals surface area contributed by atoms with E-state index in [4.69, 9.17) is 4.42 Å². The van der Waals surface area contributed by atoms with Gasteiger partial charge in [0.25, 0.3) is 0 Å². The summed E-state index contributed by atoms with van der Waals surface area (Å²) >= 11 is 0.